The van der Waals surface area contributed by atoms with Gasteiger partial charge in [0.2, 0.25) is 0 Å². The molecule has 31 heavy (non-hydrogen) atoms. The number of rotatable bonds is 7. The highest BCUT2D eigenvalue weighted by molar-refractivity contribution is 6.32. The Labute approximate surface area is 188 Å². The van der Waals surface area contributed by atoms with Gasteiger partial charge in [0, 0.05) is 37.0 Å². The third kappa shape index (κ3) is 4.86. The van der Waals surface area contributed by atoms with E-state index in [1.54, 1.807) is 7.11 Å². The quantitative estimate of drug-likeness (QED) is 0.549. The molecule has 0 aliphatic carbocycles. The van der Waals surface area contributed by atoms with Crippen LogP contribution in [-0.2, 0) is 6.54 Å². The molecule has 0 saturated carbocycles. The number of hydrogen-bond acceptors (Lipinski definition) is 6. The molecule has 1 fully saturated rings. The number of halogens is 1. The van der Waals surface area contributed by atoms with Crippen molar-refractivity contribution in [3.05, 3.63) is 52.5 Å². The standard InChI is InChI=1S/C24H29ClN4O2/c1-16-3-5-19-20(13-16)23(26-15-18-4-6-22(31-2)21(25)14-18)27-28-24(19)29-10-7-17(8-11-29)9-12-30/h3-6,13-14,17,30H,7-12,15H2,1-2H3,(H,26,27). The molecule has 3 aromatic rings. The van der Waals surface area contributed by atoms with Gasteiger partial charge in [0.25, 0.3) is 0 Å². The number of hydrogen-bond donors (Lipinski definition) is 2. The number of fused-ring (bicyclic) bond motifs is 1. The first-order valence-electron chi connectivity index (χ1n) is 10.8. The van der Waals surface area contributed by atoms with Gasteiger partial charge in [-0.25, -0.2) is 0 Å². The van der Waals surface area contributed by atoms with E-state index in [0.717, 1.165) is 60.3 Å². The maximum Gasteiger partial charge on any atom is 0.159 e. The Morgan fingerprint density at radius 3 is 2.65 bits per heavy atom. The highest BCUT2D eigenvalue weighted by Gasteiger charge is 2.22. The zero-order chi connectivity index (χ0) is 21.8. The normalized spacial score (nSPS) is 14.8. The van der Waals surface area contributed by atoms with Crippen LogP contribution in [0.25, 0.3) is 10.8 Å². The molecule has 6 nitrogen and oxygen atoms in total. The second-order valence-electron chi connectivity index (χ2n) is 8.19. The number of aliphatic hydroxyl groups is 1. The van der Waals surface area contributed by atoms with Gasteiger partial charge in [-0.3, -0.25) is 0 Å². The third-order valence-corrected chi connectivity index (χ3v) is 6.34. The molecule has 0 radical (unpaired) electrons. The Morgan fingerprint density at radius 1 is 1.13 bits per heavy atom. The SMILES string of the molecule is COc1ccc(CNc2nnc(N3CCC(CCO)CC3)c3ccc(C)cc23)cc1Cl. The largest absolute Gasteiger partial charge is 0.495 e. The molecule has 164 valence electrons. The fourth-order valence-electron chi connectivity index (χ4n) is 4.24. The molecule has 1 aliphatic heterocycles. The van der Waals surface area contributed by atoms with Crippen LogP contribution < -0.4 is 15.0 Å². The Kier molecular flexibility index (Phi) is 6.78. The number of ether oxygens (including phenoxy) is 1. The molecule has 2 N–H and O–H groups in total. The summed E-state index contributed by atoms with van der Waals surface area (Å²) in [6.07, 6.45) is 3.04. The average Bonchev–Trinajstić information content (AvgIpc) is 2.78. The first-order valence-corrected chi connectivity index (χ1v) is 11.2. The van der Waals surface area contributed by atoms with Gasteiger partial charge >= 0.3 is 0 Å². The second kappa shape index (κ2) is 9.71. The number of piperidine rings is 1. The lowest BCUT2D eigenvalue weighted by molar-refractivity contribution is 0.240. The van der Waals surface area contributed by atoms with E-state index in [1.165, 1.54) is 5.56 Å². The van der Waals surface area contributed by atoms with Crippen molar-refractivity contribution in [1.29, 1.82) is 0 Å². The Morgan fingerprint density at radius 2 is 1.94 bits per heavy atom. The van der Waals surface area contributed by atoms with Crippen molar-refractivity contribution < 1.29 is 9.84 Å². The number of aromatic nitrogens is 2. The van der Waals surface area contributed by atoms with E-state index in [9.17, 15) is 5.11 Å². The summed E-state index contributed by atoms with van der Waals surface area (Å²) in [6.45, 7) is 4.84. The van der Waals surface area contributed by atoms with Crippen molar-refractivity contribution in [2.24, 2.45) is 5.92 Å². The monoisotopic (exact) mass is 440 g/mol. The molecule has 0 spiro atoms. The van der Waals surface area contributed by atoms with Crippen molar-refractivity contribution in [2.45, 2.75) is 32.7 Å². The van der Waals surface area contributed by atoms with E-state index < -0.39 is 0 Å². The summed E-state index contributed by atoms with van der Waals surface area (Å²) in [5.74, 6) is 2.97. The first-order chi connectivity index (χ1) is 15.1. The van der Waals surface area contributed by atoms with E-state index in [4.69, 9.17) is 16.3 Å². The summed E-state index contributed by atoms with van der Waals surface area (Å²) in [6, 6.07) is 12.2. The van der Waals surface area contributed by atoms with Crippen molar-refractivity contribution in [3.63, 3.8) is 0 Å². The summed E-state index contributed by atoms with van der Waals surface area (Å²) in [4.78, 5) is 2.32. The molecule has 4 rings (SSSR count). The maximum absolute atomic E-state index is 9.22. The Bertz CT molecular complexity index is 1050. The number of anilines is 2. The first kappa shape index (κ1) is 21.7. The van der Waals surface area contributed by atoms with Crippen molar-refractivity contribution >= 4 is 34.0 Å². The molecule has 2 heterocycles. The van der Waals surface area contributed by atoms with Crippen molar-refractivity contribution in [3.8, 4) is 5.75 Å². The molecule has 7 heteroatoms. The lowest BCUT2D eigenvalue weighted by Gasteiger charge is -2.33. The molecule has 0 amide bonds. The molecular formula is C24H29ClN4O2. The summed E-state index contributed by atoms with van der Waals surface area (Å²) in [5.41, 5.74) is 2.23. The van der Waals surface area contributed by atoms with E-state index in [2.05, 4.69) is 45.5 Å². The number of methoxy groups -OCH3 is 1. The lowest BCUT2D eigenvalue weighted by Crippen LogP contribution is -2.34. The van der Waals surface area contributed by atoms with Gasteiger partial charge in [-0.05, 0) is 55.9 Å². The topological polar surface area (TPSA) is 70.5 Å². The molecule has 0 unspecified atom stereocenters. The molecule has 0 atom stereocenters. The van der Waals surface area contributed by atoms with Gasteiger partial charge in [0.1, 0.15) is 5.75 Å². The van der Waals surface area contributed by atoms with Gasteiger partial charge < -0.3 is 20.1 Å². The van der Waals surface area contributed by atoms with Crippen molar-refractivity contribution in [1.82, 2.24) is 10.2 Å². The smallest absolute Gasteiger partial charge is 0.159 e. The van der Waals surface area contributed by atoms with E-state index in [0.29, 0.717) is 23.2 Å². The number of aliphatic hydroxyl groups excluding tert-OH is 1. The fraction of sp³-hybridized carbons (Fsp3) is 0.417. The average molecular weight is 441 g/mol. The minimum atomic E-state index is 0.270. The van der Waals surface area contributed by atoms with Crippen molar-refractivity contribution in [2.75, 3.05) is 37.0 Å². The molecule has 1 aromatic heterocycles. The predicted octanol–water partition coefficient (Wildman–Crippen LogP) is 4.81. The van der Waals surface area contributed by atoms with Gasteiger partial charge in [0.15, 0.2) is 11.6 Å². The van der Waals surface area contributed by atoms with Crippen LogP contribution >= 0.6 is 11.6 Å². The summed E-state index contributed by atoms with van der Waals surface area (Å²) in [5, 5.41) is 24.6. The zero-order valence-electron chi connectivity index (χ0n) is 18.1. The van der Waals surface area contributed by atoms with Crippen LogP contribution in [0, 0.1) is 12.8 Å². The molecule has 1 aliphatic rings. The van der Waals surface area contributed by atoms with Gasteiger partial charge in [0.05, 0.1) is 12.1 Å². The second-order valence-corrected chi connectivity index (χ2v) is 8.59. The van der Waals surface area contributed by atoms with Crippen LogP contribution in [0.5, 0.6) is 5.75 Å². The number of nitrogens with one attached hydrogen (secondary N) is 1. The molecule has 1 saturated heterocycles. The Balaban J connectivity index is 1.57. The number of benzene rings is 2. The summed E-state index contributed by atoms with van der Waals surface area (Å²) >= 11 is 6.26. The molecular weight excluding hydrogens is 412 g/mol. The van der Waals surface area contributed by atoms with Crippen LogP contribution in [0.4, 0.5) is 11.6 Å². The third-order valence-electron chi connectivity index (χ3n) is 6.04. The minimum Gasteiger partial charge on any atom is -0.495 e. The van der Waals surface area contributed by atoms with E-state index in [-0.39, 0.29) is 6.61 Å². The van der Waals surface area contributed by atoms with Gasteiger partial charge in [-0.1, -0.05) is 35.4 Å². The Hall–Kier alpha value is -2.57. The molecule has 2 aromatic carbocycles. The highest BCUT2D eigenvalue weighted by atomic mass is 35.5. The van der Waals surface area contributed by atoms with Crippen LogP contribution in [0.3, 0.4) is 0 Å². The predicted molar refractivity (Wildman–Crippen MR) is 126 cm³/mol. The summed E-state index contributed by atoms with van der Waals surface area (Å²) < 4.78 is 5.23. The van der Waals surface area contributed by atoms with Gasteiger partial charge in [-0.2, -0.15) is 0 Å². The van der Waals surface area contributed by atoms with Crippen LogP contribution in [0.1, 0.15) is 30.4 Å². The van der Waals surface area contributed by atoms with E-state index >= 15 is 0 Å². The van der Waals surface area contributed by atoms with Crippen LogP contribution in [0.15, 0.2) is 36.4 Å². The summed E-state index contributed by atoms with van der Waals surface area (Å²) in [7, 11) is 1.61. The highest BCUT2D eigenvalue weighted by Crippen LogP contribution is 2.33. The molecule has 0 bridgehead atoms. The minimum absolute atomic E-state index is 0.270. The van der Waals surface area contributed by atoms with E-state index in [1.807, 2.05) is 18.2 Å². The number of aryl methyl sites for hydroxylation is 1. The maximum atomic E-state index is 9.22. The number of nitrogens with zero attached hydrogens (tertiary/aromatic N) is 3. The van der Waals surface area contributed by atoms with Gasteiger partial charge in [-0.15, -0.1) is 10.2 Å². The van der Waals surface area contributed by atoms with Crippen LogP contribution in [0.2, 0.25) is 5.02 Å². The fourth-order valence-corrected chi connectivity index (χ4v) is 4.52. The van der Waals surface area contributed by atoms with Crippen LogP contribution in [-0.4, -0.2) is 42.1 Å². The zero-order valence-corrected chi connectivity index (χ0v) is 18.8. The lowest BCUT2D eigenvalue weighted by atomic mass is 9.94.